The molecule has 0 bridgehead atoms. The number of amides is 2. The Morgan fingerprint density at radius 1 is 0.895 bits per heavy atom. The summed E-state index contributed by atoms with van der Waals surface area (Å²) in [5.41, 5.74) is 3.33. The number of rotatable bonds is 13. The Balaban J connectivity index is 1.84. The van der Waals surface area contributed by atoms with Gasteiger partial charge in [0.25, 0.3) is 5.91 Å². The molecular formula is C31H40N2O5. The van der Waals surface area contributed by atoms with Crippen molar-refractivity contribution >= 4 is 22.6 Å². The largest absolute Gasteiger partial charge is 0.375 e. The van der Waals surface area contributed by atoms with E-state index >= 15 is 0 Å². The maximum Gasteiger partial charge on any atom is 0.273 e. The highest BCUT2D eigenvalue weighted by Gasteiger charge is 2.37. The van der Waals surface area contributed by atoms with Gasteiger partial charge in [-0.1, -0.05) is 100 Å². The third-order valence-electron chi connectivity index (χ3n) is 6.60. The Labute approximate surface area is 225 Å². The monoisotopic (exact) mass is 520 g/mol. The van der Waals surface area contributed by atoms with Gasteiger partial charge in [-0.25, -0.2) is 5.48 Å². The van der Waals surface area contributed by atoms with Crippen molar-refractivity contribution in [2.45, 2.75) is 59.3 Å². The Bertz CT molecular complexity index is 1180. The average Bonchev–Trinajstić information content (AvgIpc) is 2.91. The third-order valence-corrected chi connectivity index (χ3v) is 6.60. The lowest BCUT2D eigenvalue weighted by molar-refractivity contribution is -0.151. The first-order chi connectivity index (χ1) is 18.2. The fraction of sp³-hybridized carbons (Fsp3) is 0.419. The van der Waals surface area contributed by atoms with Crippen LogP contribution in [0.1, 0.15) is 45.2 Å². The van der Waals surface area contributed by atoms with Crippen molar-refractivity contribution in [3.63, 3.8) is 0 Å². The van der Waals surface area contributed by atoms with Gasteiger partial charge < -0.3 is 14.8 Å². The lowest BCUT2D eigenvalue weighted by Crippen LogP contribution is -2.53. The zero-order valence-corrected chi connectivity index (χ0v) is 22.8. The van der Waals surface area contributed by atoms with Crippen molar-refractivity contribution < 1.29 is 24.3 Å². The lowest BCUT2D eigenvalue weighted by Gasteiger charge is -2.34. The van der Waals surface area contributed by atoms with Crippen molar-refractivity contribution in [3.05, 3.63) is 83.9 Å². The molecule has 3 aromatic rings. The molecular weight excluding hydrogens is 480 g/mol. The highest BCUT2D eigenvalue weighted by Crippen LogP contribution is 2.24. The average molecular weight is 521 g/mol. The second-order valence-electron chi connectivity index (χ2n) is 10.7. The molecule has 3 aromatic carbocycles. The minimum atomic E-state index is -1.16. The number of hydrogen-bond donors (Lipinski definition) is 3. The van der Waals surface area contributed by atoms with E-state index in [1.807, 2.05) is 100 Å². The summed E-state index contributed by atoms with van der Waals surface area (Å²) in [4.78, 5) is 26.5. The molecule has 7 heteroatoms. The normalized spacial score (nSPS) is 14.0. The number of hydroxylamine groups is 1. The summed E-state index contributed by atoms with van der Waals surface area (Å²) < 4.78 is 11.8. The summed E-state index contributed by atoms with van der Waals surface area (Å²) in [6.45, 7) is 9.04. The molecule has 0 aliphatic heterocycles. The minimum Gasteiger partial charge on any atom is -0.375 e. The lowest BCUT2D eigenvalue weighted by atomic mass is 9.85. The van der Waals surface area contributed by atoms with Crippen LogP contribution in [0.15, 0.2) is 72.8 Å². The van der Waals surface area contributed by atoms with Crippen molar-refractivity contribution in [1.82, 2.24) is 10.8 Å². The predicted molar refractivity (Wildman–Crippen MR) is 149 cm³/mol. The number of benzene rings is 3. The molecule has 0 aliphatic rings. The zero-order valence-electron chi connectivity index (χ0n) is 22.8. The number of carbonyl (C=O) groups excluding carboxylic acids is 2. The standard InChI is InChI=1S/C31H40N2O5/c1-5-17-38-28(30(35)33-36)26(19-23-15-16-24-13-9-10-14-25(24)18-23)29(34)32-27(31(2,3)4)21-37-20-22-11-7-6-8-12-22/h6-16,18,26-28,36H,5,17,19-21H2,1-4H3,(H,32,34)(H,33,35)/t26-,27-,28+/m1/s1. The molecule has 204 valence electrons. The number of ether oxygens (including phenoxy) is 2. The highest BCUT2D eigenvalue weighted by molar-refractivity contribution is 5.89. The Morgan fingerprint density at radius 2 is 1.58 bits per heavy atom. The zero-order chi connectivity index (χ0) is 27.5. The Kier molecular flexibility index (Phi) is 10.8. The molecule has 2 amide bonds. The van der Waals surface area contributed by atoms with Crippen molar-refractivity contribution in [2.75, 3.05) is 13.2 Å². The van der Waals surface area contributed by atoms with E-state index in [0.29, 0.717) is 19.6 Å². The van der Waals surface area contributed by atoms with E-state index in [0.717, 1.165) is 21.9 Å². The van der Waals surface area contributed by atoms with Gasteiger partial charge in [-0.2, -0.15) is 0 Å². The van der Waals surface area contributed by atoms with Crippen LogP contribution < -0.4 is 10.8 Å². The molecule has 3 rings (SSSR count). The minimum absolute atomic E-state index is 0.264. The molecule has 0 radical (unpaired) electrons. The Morgan fingerprint density at radius 3 is 2.24 bits per heavy atom. The van der Waals surface area contributed by atoms with E-state index in [1.54, 1.807) is 5.48 Å². The smallest absolute Gasteiger partial charge is 0.273 e. The van der Waals surface area contributed by atoms with Gasteiger partial charge in [0.1, 0.15) is 6.10 Å². The first-order valence-electron chi connectivity index (χ1n) is 13.2. The summed E-state index contributed by atoms with van der Waals surface area (Å²) in [6, 6.07) is 23.5. The topological polar surface area (TPSA) is 96.9 Å². The maximum absolute atomic E-state index is 13.8. The van der Waals surface area contributed by atoms with Gasteiger partial charge in [-0.05, 0) is 40.2 Å². The first-order valence-corrected chi connectivity index (χ1v) is 13.2. The second kappa shape index (κ2) is 14.0. The fourth-order valence-corrected chi connectivity index (χ4v) is 4.30. The van der Waals surface area contributed by atoms with Crippen molar-refractivity contribution in [1.29, 1.82) is 0 Å². The van der Waals surface area contributed by atoms with Crippen LogP contribution in [0.25, 0.3) is 10.8 Å². The van der Waals surface area contributed by atoms with Crippen LogP contribution in [0.3, 0.4) is 0 Å². The van der Waals surface area contributed by atoms with Gasteiger partial charge in [-0.3, -0.25) is 14.8 Å². The molecule has 38 heavy (non-hydrogen) atoms. The molecule has 3 N–H and O–H groups in total. The second-order valence-corrected chi connectivity index (χ2v) is 10.7. The van der Waals surface area contributed by atoms with Gasteiger partial charge in [0.2, 0.25) is 5.91 Å². The molecule has 0 heterocycles. The van der Waals surface area contributed by atoms with Crippen molar-refractivity contribution in [2.24, 2.45) is 11.3 Å². The number of fused-ring (bicyclic) bond motifs is 1. The number of nitrogens with one attached hydrogen (secondary N) is 2. The van der Waals surface area contributed by atoms with Gasteiger partial charge >= 0.3 is 0 Å². The summed E-state index contributed by atoms with van der Waals surface area (Å²) in [6.07, 6.45) is -0.227. The fourth-order valence-electron chi connectivity index (χ4n) is 4.30. The van der Waals surface area contributed by atoms with Crippen LogP contribution in [0.2, 0.25) is 0 Å². The van der Waals surface area contributed by atoms with Gasteiger partial charge in [0.15, 0.2) is 0 Å². The molecule has 0 aromatic heterocycles. The summed E-state index contributed by atoms with van der Waals surface area (Å²) >= 11 is 0. The highest BCUT2D eigenvalue weighted by atomic mass is 16.5. The number of carbonyl (C=O) groups is 2. The first kappa shape index (κ1) is 29.3. The predicted octanol–water partition coefficient (Wildman–Crippen LogP) is 5.05. The van der Waals surface area contributed by atoms with E-state index in [2.05, 4.69) is 5.32 Å². The van der Waals surface area contributed by atoms with Gasteiger partial charge in [-0.15, -0.1) is 0 Å². The molecule has 3 atom stereocenters. The van der Waals surface area contributed by atoms with E-state index in [-0.39, 0.29) is 30.4 Å². The van der Waals surface area contributed by atoms with E-state index < -0.39 is 17.9 Å². The van der Waals surface area contributed by atoms with E-state index in [4.69, 9.17) is 9.47 Å². The molecule has 0 spiro atoms. The molecule has 0 saturated heterocycles. The quantitative estimate of drug-likeness (QED) is 0.217. The van der Waals surface area contributed by atoms with Crippen LogP contribution in [0.4, 0.5) is 0 Å². The molecule has 7 nitrogen and oxygen atoms in total. The Hall–Kier alpha value is -3.26. The molecule has 0 aliphatic carbocycles. The molecule has 0 fully saturated rings. The summed E-state index contributed by atoms with van der Waals surface area (Å²) in [5, 5.41) is 14.7. The summed E-state index contributed by atoms with van der Waals surface area (Å²) in [7, 11) is 0. The summed E-state index contributed by atoms with van der Waals surface area (Å²) in [5.74, 6) is -1.94. The molecule has 0 saturated carbocycles. The molecule has 0 unspecified atom stereocenters. The third kappa shape index (κ3) is 8.38. The van der Waals surface area contributed by atoms with Gasteiger partial charge in [0.05, 0.1) is 25.2 Å². The van der Waals surface area contributed by atoms with Crippen LogP contribution in [-0.4, -0.2) is 42.4 Å². The van der Waals surface area contributed by atoms with Crippen LogP contribution in [-0.2, 0) is 32.1 Å². The van der Waals surface area contributed by atoms with Crippen LogP contribution in [0.5, 0.6) is 0 Å². The number of hydrogen-bond acceptors (Lipinski definition) is 5. The SMILES string of the molecule is CCCO[C@H](C(=O)NO)[C@@H](Cc1ccc2ccccc2c1)C(=O)N[C@H](COCc1ccccc1)C(C)(C)C. The van der Waals surface area contributed by atoms with Crippen LogP contribution in [0, 0.1) is 11.3 Å². The van der Waals surface area contributed by atoms with Crippen LogP contribution >= 0.6 is 0 Å². The van der Waals surface area contributed by atoms with Gasteiger partial charge in [0, 0.05) is 6.61 Å². The maximum atomic E-state index is 13.8. The van der Waals surface area contributed by atoms with Crippen molar-refractivity contribution in [3.8, 4) is 0 Å². The van der Waals surface area contributed by atoms with E-state index in [9.17, 15) is 14.8 Å². The van der Waals surface area contributed by atoms with E-state index in [1.165, 1.54) is 0 Å².